The molecule has 0 spiro atoms. The molecule has 2 aliphatic heterocycles. The third-order valence-electron chi connectivity index (χ3n) is 5.32. The summed E-state index contributed by atoms with van der Waals surface area (Å²) in [6.45, 7) is 10.4. The van der Waals surface area contributed by atoms with E-state index in [0.717, 1.165) is 36.4 Å². The van der Waals surface area contributed by atoms with E-state index in [0.29, 0.717) is 5.92 Å². The molecule has 5 heteroatoms. The van der Waals surface area contributed by atoms with Crippen molar-refractivity contribution in [3.63, 3.8) is 0 Å². The Bertz CT molecular complexity index is 540. The van der Waals surface area contributed by atoms with Crippen LogP contribution in [0.4, 0.5) is 0 Å². The highest BCUT2D eigenvalue weighted by atomic mass is 35.5. The van der Waals surface area contributed by atoms with Gasteiger partial charge in [0.2, 0.25) is 0 Å². The zero-order chi connectivity index (χ0) is 16.0. The van der Waals surface area contributed by atoms with Gasteiger partial charge in [0.05, 0.1) is 11.2 Å². The Kier molecular flexibility index (Phi) is 4.32. The number of nitrogens with one attached hydrogen (secondary N) is 1. The maximum atomic E-state index is 6.45. The van der Waals surface area contributed by atoms with Crippen LogP contribution in [-0.4, -0.2) is 31.4 Å². The largest absolute Gasteiger partial charge is 0.494 e. The molecule has 0 atom stereocenters. The first-order valence-corrected chi connectivity index (χ1v) is 8.54. The van der Waals surface area contributed by atoms with Gasteiger partial charge < -0.3 is 14.6 Å². The fraction of sp³-hybridized carbons (Fsp3) is 0.647. The van der Waals surface area contributed by atoms with Crippen LogP contribution in [0.3, 0.4) is 0 Å². The Hall–Kier alpha value is -0.545. The summed E-state index contributed by atoms with van der Waals surface area (Å²) in [5, 5.41) is 4.26. The summed E-state index contributed by atoms with van der Waals surface area (Å²) in [7, 11) is -0.317. The summed E-state index contributed by atoms with van der Waals surface area (Å²) < 4.78 is 12.3. The first-order valence-electron chi connectivity index (χ1n) is 8.16. The molecule has 0 aromatic heterocycles. The Balaban J connectivity index is 1.87. The Morgan fingerprint density at radius 2 is 1.68 bits per heavy atom. The first-order chi connectivity index (χ1) is 10.3. The summed E-state index contributed by atoms with van der Waals surface area (Å²) in [6.07, 6.45) is 2.26. The molecule has 120 valence electrons. The van der Waals surface area contributed by atoms with E-state index in [1.807, 2.05) is 12.1 Å². The van der Waals surface area contributed by atoms with E-state index in [4.69, 9.17) is 20.9 Å². The van der Waals surface area contributed by atoms with Crippen molar-refractivity contribution in [3.8, 4) is 0 Å². The quantitative estimate of drug-likeness (QED) is 0.849. The van der Waals surface area contributed by atoms with Crippen molar-refractivity contribution in [1.82, 2.24) is 5.32 Å². The van der Waals surface area contributed by atoms with Gasteiger partial charge in [0, 0.05) is 5.02 Å². The molecule has 22 heavy (non-hydrogen) atoms. The van der Waals surface area contributed by atoms with Gasteiger partial charge in [-0.3, -0.25) is 0 Å². The number of hydrogen-bond acceptors (Lipinski definition) is 3. The van der Waals surface area contributed by atoms with Crippen molar-refractivity contribution >= 4 is 24.2 Å². The topological polar surface area (TPSA) is 30.5 Å². The second-order valence-electron chi connectivity index (χ2n) is 7.39. The fourth-order valence-electron chi connectivity index (χ4n) is 3.13. The van der Waals surface area contributed by atoms with E-state index in [1.54, 1.807) is 0 Å². The predicted octanol–water partition coefficient (Wildman–Crippen LogP) is 3.11. The zero-order valence-corrected chi connectivity index (χ0v) is 14.7. The molecule has 2 aliphatic rings. The average molecular weight is 322 g/mol. The molecule has 0 amide bonds. The van der Waals surface area contributed by atoms with E-state index in [9.17, 15) is 0 Å². The van der Waals surface area contributed by atoms with Crippen LogP contribution in [0.1, 0.15) is 52.0 Å². The SMILES string of the molecule is CC1(C)OB(c2ccc(Cl)c(C3CCNCC3)c2)OC1(C)C. The smallest absolute Gasteiger partial charge is 0.399 e. The summed E-state index contributed by atoms with van der Waals surface area (Å²) in [5.74, 6) is 0.524. The van der Waals surface area contributed by atoms with Gasteiger partial charge in [-0.2, -0.15) is 0 Å². The lowest BCUT2D eigenvalue weighted by molar-refractivity contribution is 0.00578. The molecule has 0 aliphatic carbocycles. The van der Waals surface area contributed by atoms with E-state index in [2.05, 4.69) is 39.1 Å². The van der Waals surface area contributed by atoms with Crippen LogP contribution in [0.2, 0.25) is 5.02 Å². The Labute approximate surface area is 138 Å². The van der Waals surface area contributed by atoms with Crippen molar-refractivity contribution in [3.05, 3.63) is 28.8 Å². The fourth-order valence-corrected chi connectivity index (χ4v) is 3.41. The van der Waals surface area contributed by atoms with Crippen LogP contribution in [-0.2, 0) is 9.31 Å². The van der Waals surface area contributed by atoms with Gasteiger partial charge >= 0.3 is 7.12 Å². The summed E-state index contributed by atoms with van der Waals surface area (Å²) in [4.78, 5) is 0. The minimum Gasteiger partial charge on any atom is -0.399 e. The highest BCUT2D eigenvalue weighted by Gasteiger charge is 2.51. The molecule has 2 heterocycles. The van der Waals surface area contributed by atoms with Crippen LogP contribution in [0.15, 0.2) is 18.2 Å². The number of benzene rings is 1. The molecular formula is C17H25BClNO2. The monoisotopic (exact) mass is 321 g/mol. The maximum absolute atomic E-state index is 6.45. The lowest BCUT2D eigenvalue weighted by Crippen LogP contribution is -2.41. The molecular weight excluding hydrogens is 296 g/mol. The predicted molar refractivity (Wildman–Crippen MR) is 92.0 cm³/mol. The highest BCUT2D eigenvalue weighted by molar-refractivity contribution is 6.62. The number of rotatable bonds is 2. The van der Waals surface area contributed by atoms with Gasteiger partial charge in [0.1, 0.15) is 0 Å². The molecule has 0 bridgehead atoms. The number of halogens is 1. The lowest BCUT2D eigenvalue weighted by atomic mass is 9.76. The van der Waals surface area contributed by atoms with Crippen molar-refractivity contribution in [1.29, 1.82) is 0 Å². The van der Waals surface area contributed by atoms with Gasteiger partial charge in [-0.1, -0.05) is 23.7 Å². The second kappa shape index (κ2) is 5.83. The summed E-state index contributed by atoms with van der Waals surface area (Å²) in [6, 6.07) is 6.19. The highest BCUT2D eigenvalue weighted by Crippen LogP contribution is 2.37. The van der Waals surface area contributed by atoms with E-state index in [1.165, 1.54) is 5.56 Å². The summed E-state index contributed by atoms with van der Waals surface area (Å²) in [5.41, 5.74) is 1.67. The van der Waals surface area contributed by atoms with Gasteiger partial charge in [0.15, 0.2) is 0 Å². The van der Waals surface area contributed by atoms with E-state index < -0.39 is 0 Å². The lowest BCUT2D eigenvalue weighted by Gasteiger charge is -2.32. The molecule has 3 nitrogen and oxygen atoms in total. The first kappa shape index (κ1) is 16.3. The zero-order valence-electron chi connectivity index (χ0n) is 13.9. The minimum absolute atomic E-state index is 0.313. The van der Waals surface area contributed by atoms with Gasteiger partial charge in [-0.15, -0.1) is 0 Å². The third-order valence-corrected chi connectivity index (χ3v) is 5.67. The van der Waals surface area contributed by atoms with Gasteiger partial charge in [-0.25, -0.2) is 0 Å². The number of piperidine rings is 1. The van der Waals surface area contributed by atoms with Crippen molar-refractivity contribution in [2.24, 2.45) is 0 Å². The van der Waals surface area contributed by atoms with Crippen LogP contribution in [0.5, 0.6) is 0 Å². The third kappa shape index (κ3) is 2.94. The molecule has 3 rings (SSSR count). The van der Waals surface area contributed by atoms with Crippen LogP contribution in [0, 0.1) is 0 Å². The summed E-state index contributed by atoms with van der Waals surface area (Å²) >= 11 is 6.45. The molecule has 2 saturated heterocycles. The second-order valence-corrected chi connectivity index (χ2v) is 7.80. The molecule has 0 unspecified atom stereocenters. The van der Waals surface area contributed by atoms with Crippen molar-refractivity contribution in [2.45, 2.75) is 57.7 Å². The Morgan fingerprint density at radius 1 is 1.09 bits per heavy atom. The number of hydrogen-bond donors (Lipinski definition) is 1. The molecule has 0 saturated carbocycles. The van der Waals surface area contributed by atoms with Crippen molar-refractivity contribution in [2.75, 3.05) is 13.1 Å². The van der Waals surface area contributed by atoms with Crippen LogP contribution in [0.25, 0.3) is 0 Å². The molecule has 1 N–H and O–H groups in total. The minimum atomic E-state index is -0.317. The maximum Gasteiger partial charge on any atom is 0.494 e. The molecule has 0 radical (unpaired) electrons. The van der Waals surface area contributed by atoms with Gasteiger partial charge in [0.25, 0.3) is 0 Å². The molecule has 1 aromatic rings. The molecule has 1 aromatic carbocycles. The van der Waals surface area contributed by atoms with Crippen molar-refractivity contribution < 1.29 is 9.31 Å². The van der Waals surface area contributed by atoms with Crippen LogP contribution >= 0.6 is 11.6 Å². The standard InChI is InChI=1S/C17H25BClNO2/c1-16(2)17(3,4)22-18(21-16)13-5-6-15(19)14(11-13)12-7-9-20-10-8-12/h5-6,11-12,20H,7-10H2,1-4H3. The van der Waals surface area contributed by atoms with E-state index >= 15 is 0 Å². The van der Waals surface area contributed by atoms with E-state index in [-0.39, 0.29) is 18.3 Å². The normalized spacial score (nSPS) is 24.7. The van der Waals surface area contributed by atoms with Crippen LogP contribution < -0.4 is 10.8 Å². The Morgan fingerprint density at radius 3 is 2.27 bits per heavy atom. The van der Waals surface area contributed by atoms with Gasteiger partial charge in [-0.05, 0) is 76.6 Å². The molecule has 2 fully saturated rings. The average Bonchev–Trinajstić information content (AvgIpc) is 2.69.